The third kappa shape index (κ3) is 7.31. The molecule has 0 aliphatic rings. The fraction of sp³-hybridized carbons (Fsp3) is 0.917. The number of amides is 1. The maximum Gasteiger partial charge on any atom is 0.234 e. The van der Waals surface area contributed by atoms with Gasteiger partial charge in [-0.1, -0.05) is 13.8 Å². The first kappa shape index (κ1) is 16.4. The molecule has 1 unspecified atom stereocenters. The summed E-state index contributed by atoms with van der Waals surface area (Å²) in [5, 5.41) is 15.8. The van der Waals surface area contributed by atoms with Gasteiger partial charge in [0.15, 0.2) is 0 Å². The standard InChI is InChI=1S/C12H26N2O3/c1-5-12(16,6-2)9-13-7-11(15)14-10(3)8-17-4/h10,13,16H,5-9H2,1-4H3,(H,14,15). The van der Waals surface area contributed by atoms with Gasteiger partial charge in [0.25, 0.3) is 0 Å². The first-order chi connectivity index (χ1) is 7.97. The summed E-state index contributed by atoms with van der Waals surface area (Å²) in [6.07, 6.45) is 1.36. The highest BCUT2D eigenvalue weighted by molar-refractivity contribution is 5.78. The Labute approximate surface area is 104 Å². The van der Waals surface area contributed by atoms with E-state index in [4.69, 9.17) is 4.74 Å². The Morgan fingerprint density at radius 1 is 1.41 bits per heavy atom. The molecule has 0 rings (SSSR count). The van der Waals surface area contributed by atoms with E-state index in [0.717, 1.165) is 0 Å². The van der Waals surface area contributed by atoms with E-state index >= 15 is 0 Å². The van der Waals surface area contributed by atoms with Crippen molar-refractivity contribution in [2.45, 2.75) is 45.3 Å². The lowest BCUT2D eigenvalue weighted by Crippen LogP contribution is -2.45. The van der Waals surface area contributed by atoms with Crippen LogP contribution in [-0.4, -0.2) is 49.5 Å². The predicted octanol–water partition coefficient (Wildman–Crippen LogP) is 0.278. The van der Waals surface area contributed by atoms with E-state index in [-0.39, 0.29) is 18.5 Å². The van der Waals surface area contributed by atoms with Crippen molar-refractivity contribution in [2.75, 3.05) is 26.8 Å². The summed E-state index contributed by atoms with van der Waals surface area (Å²) < 4.78 is 4.92. The lowest BCUT2D eigenvalue weighted by atomic mass is 9.98. The molecule has 5 heteroatoms. The van der Waals surface area contributed by atoms with Crippen LogP contribution in [0.25, 0.3) is 0 Å². The van der Waals surface area contributed by atoms with E-state index in [0.29, 0.717) is 26.0 Å². The SMILES string of the molecule is CCC(O)(CC)CNCC(=O)NC(C)COC. The number of hydrogen-bond donors (Lipinski definition) is 3. The van der Waals surface area contributed by atoms with Gasteiger partial charge in [0.1, 0.15) is 0 Å². The molecule has 0 aromatic heterocycles. The van der Waals surface area contributed by atoms with Gasteiger partial charge in [-0.05, 0) is 19.8 Å². The smallest absolute Gasteiger partial charge is 0.234 e. The van der Waals surface area contributed by atoms with Crippen LogP contribution in [0.4, 0.5) is 0 Å². The largest absolute Gasteiger partial charge is 0.389 e. The number of aliphatic hydroxyl groups is 1. The summed E-state index contributed by atoms with van der Waals surface area (Å²) in [6, 6.07) is 0.00512. The van der Waals surface area contributed by atoms with Gasteiger partial charge in [-0.15, -0.1) is 0 Å². The highest BCUT2D eigenvalue weighted by atomic mass is 16.5. The van der Waals surface area contributed by atoms with E-state index in [1.54, 1.807) is 7.11 Å². The molecule has 0 heterocycles. The molecule has 0 aliphatic heterocycles. The molecule has 0 aromatic rings. The summed E-state index contributed by atoms with van der Waals surface area (Å²) in [7, 11) is 1.60. The van der Waals surface area contributed by atoms with Crippen molar-refractivity contribution in [2.24, 2.45) is 0 Å². The molecule has 0 saturated carbocycles. The molecule has 17 heavy (non-hydrogen) atoms. The van der Waals surface area contributed by atoms with Gasteiger partial charge in [-0.3, -0.25) is 4.79 Å². The highest BCUT2D eigenvalue weighted by Crippen LogP contribution is 2.12. The molecule has 0 saturated heterocycles. The van der Waals surface area contributed by atoms with Crippen molar-refractivity contribution >= 4 is 5.91 Å². The molecule has 3 N–H and O–H groups in total. The van der Waals surface area contributed by atoms with Gasteiger partial charge in [-0.2, -0.15) is 0 Å². The molecule has 102 valence electrons. The van der Waals surface area contributed by atoms with Crippen molar-refractivity contribution < 1.29 is 14.6 Å². The maximum atomic E-state index is 11.5. The van der Waals surface area contributed by atoms with E-state index in [1.165, 1.54) is 0 Å². The van der Waals surface area contributed by atoms with Crippen LogP contribution >= 0.6 is 0 Å². The molecule has 0 aromatic carbocycles. The molecular weight excluding hydrogens is 220 g/mol. The Balaban J connectivity index is 3.78. The van der Waals surface area contributed by atoms with Crippen LogP contribution in [-0.2, 0) is 9.53 Å². The zero-order valence-corrected chi connectivity index (χ0v) is 11.4. The number of methoxy groups -OCH3 is 1. The number of carbonyl (C=O) groups excluding carboxylic acids is 1. The first-order valence-corrected chi connectivity index (χ1v) is 6.18. The van der Waals surface area contributed by atoms with E-state index in [2.05, 4.69) is 10.6 Å². The second-order valence-electron chi connectivity index (χ2n) is 4.46. The van der Waals surface area contributed by atoms with Crippen LogP contribution in [0.5, 0.6) is 0 Å². The molecule has 1 atom stereocenters. The topological polar surface area (TPSA) is 70.6 Å². The van der Waals surface area contributed by atoms with Crippen LogP contribution in [0.1, 0.15) is 33.6 Å². The van der Waals surface area contributed by atoms with E-state index in [1.807, 2.05) is 20.8 Å². The summed E-state index contributed by atoms with van der Waals surface area (Å²) in [5.74, 6) is -0.0795. The summed E-state index contributed by atoms with van der Waals surface area (Å²) in [6.45, 7) is 6.91. The zero-order valence-electron chi connectivity index (χ0n) is 11.4. The van der Waals surface area contributed by atoms with Gasteiger partial charge < -0.3 is 20.5 Å². The minimum absolute atomic E-state index is 0.00512. The van der Waals surface area contributed by atoms with Gasteiger partial charge in [0.2, 0.25) is 5.91 Å². The molecule has 0 spiro atoms. The molecular formula is C12H26N2O3. The fourth-order valence-corrected chi connectivity index (χ4v) is 1.53. The Morgan fingerprint density at radius 2 is 2.00 bits per heavy atom. The minimum atomic E-state index is -0.710. The zero-order chi connectivity index (χ0) is 13.3. The number of rotatable bonds is 9. The first-order valence-electron chi connectivity index (χ1n) is 6.18. The highest BCUT2D eigenvalue weighted by Gasteiger charge is 2.21. The van der Waals surface area contributed by atoms with Crippen molar-refractivity contribution in [1.82, 2.24) is 10.6 Å². The molecule has 0 aliphatic carbocycles. The number of nitrogens with one attached hydrogen (secondary N) is 2. The average Bonchev–Trinajstić information content (AvgIpc) is 2.29. The van der Waals surface area contributed by atoms with Gasteiger partial charge >= 0.3 is 0 Å². The van der Waals surface area contributed by atoms with Gasteiger partial charge in [-0.25, -0.2) is 0 Å². The summed E-state index contributed by atoms with van der Waals surface area (Å²) in [5.41, 5.74) is -0.710. The van der Waals surface area contributed by atoms with Crippen LogP contribution in [0.2, 0.25) is 0 Å². The predicted molar refractivity (Wildman–Crippen MR) is 67.9 cm³/mol. The van der Waals surface area contributed by atoms with Crippen molar-refractivity contribution in [3.8, 4) is 0 Å². The van der Waals surface area contributed by atoms with Crippen molar-refractivity contribution in [3.63, 3.8) is 0 Å². The number of hydrogen-bond acceptors (Lipinski definition) is 4. The number of carbonyl (C=O) groups is 1. The van der Waals surface area contributed by atoms with Crippen LogP contribution in [0.15, 0.2) is 0 Å². The van der Waals surface area contributed by atoms with E-state index in [9.17, 15) is 9.90 Å². The van der Waals surface area contributed by atoms with Crippen LogP contribution < -0.4 is 10.6 Å². The van der Waals surface area contributed by atoms with Gasteiger partial charge in [0.05, 0.1) is 18.8 Å². The average molecular weight is 246 g/mol. The Hall–Kier alpha value is -0.650. The van der Waals surface area contributed by atoms with Crippen molar-refractivity contribution in [1.29, 1.82) is 0 Å². The third-order valence-corrected chi connectivity index (χ3v) is 2.88. The normalized spacial score (nSPS) is 13.5. The quantitative estimate of drug-likeness (QED) is 0.546. The monoisotopic (exact) mass is 246 g/mol. The molecule has 5 nitrogen and oxygen atoms in total. The third-order valence-electron chi connectivity index (χ3n) is 2.88. The fourth-order valence-electron chi connectivity index (χ4n) is 1.53. The second-order valence-corrected chi connectivity index (χ2v) is 4.46. The number of ether oxygens (including phenoxy) is 1. The maximum absolute atomic E-state index is 11.5. The van der Waals surface area contributed by atoms with Crippen molar-refractivity contribution in [3.05, 3.63) is 0 Å². The van der Waals surface area contributed by atoms with Crippen LogP contribution in [0, 0.1) is 0 Å². The molecule has 0 bridgehead atoms. The summed E-state index contributed by atoms with van der Waals surface area (Å²) >= 11 is 0. The summed E-state index contributed by atoms with van der Waals surface area (Å²) in [4.78, 5) is 11.5. The molecule has 1 amide bonds. The Bertz CT molecular complexity index is 218. The molecule has 0 radical (unpaired) electrons. The lowest BCUT2D eigenvalue weighted by Gasteiger charge is -2.25. The Kier molecular flexibility index (Phi) is 8.12. The van der Waals surface area contributed by atoms with Gasteiger partial charge in [0, 0.05) is 19.7 Å². The Morgan fingerprint density at radius 3 is 2.47 bits per heavy atom. The minimum Gasteiger partial charge on any atom is -0.389 e. The van der Waals surface area contributed by atoms with E-state index < -0.39 is 5.60 Å². The van der Waals surface area contributed by atoms with Crippen LogP contribution in [0.3, 0.4) is 0 Å². The second kappa shape index (κ2) is 8.44. The molecule has 0 fully saturated rings. The lowest BCUT2D eigenvalue weighted by molar-refractivity contribution is -0.121.